The molecule has 1 aromatic rings. The molecule has 0 aliphatic carbocycles. The van der Waals surface area contributed by atoms with Gasteiger partial charge in [0.1, 0.15) is 28.6 Å². The second kappa shape index (κ2) is 5.78. The minimum Gasteiger partial charge on any atom is -0.493 e. The van der Waals surface area contributed by atoms with Crippen LogP contribution in [0.4, 0.5) is 0 Å². The van der Waals surface area contributed by atoms with Gasteiger partial charge in [-0.15, -0.1) is 0 Å². The van der Waals surface area contributed by atoms with E-state index < -0.39 is 9.84 Å². The van der Waals surface area contributed by atoms with Gasteiger partial charge in [0.05, 0.1) is 6.61 Å². The van der Waals surface area contributed by atoms with Gasteiger partial charge in [-0.2, -0.15) is 5.26 Å². The SMILES string of the molecule is CCOc1cc2c(cc1/C=C(\C#N)S(C)(=O)=O)O[C@@H](C)C2. The van der Waals surface area contributed by atoms with Gasteiger partial charge in [0, 0.05) is 23.8 Å². The molecule has 0 aromatic heterocycles. The lowest BCUT2D eigenvalue weighted by Gasteiger charge is -2.10. The lowest BCUT2D eigenvalue weighted by molar-refractivity contribution is 0.254. The Labute approximate surface area is 124 Å². The van der Waals surface area contributed by atoms with Gasteiger partial charge < -0.3 is 9.47 Å². The van der Waals surface area contributed by atoms with Crippen LogP contribution in [0.2, 0.25) is 0 Å². The second-order valence-electron chi connectivity index (χ2n) is 4.96. The lowest BCUT2D eigenvalue weighted by atomic mass is 10.1. The molecule has 0 N–H and O–H groups in total. The fourth-order valence-electron chi connectivity index (χ4n) is 2.21. The number of rotatable bonds is 4. The third kappa shape index (κ3) is 3.37. The van der Waals surface area contributed by atoms with Crippen molar-refractivity contribution in [2.45, 2.75) is 26.4 Å². The van der Waals surface area contributed by atoms with Crippen molar-refractivity contribution in [3.8, 4) is 17.6 Å². The average Bonchev–Trinajstić information content (AvgIpc) is 2.73. The van der Waals surface area contributed by atoms with Crippen LogP contribution in [0.5, 0.6) is 11.5 Å². The summed E-state index contributed by atoms with van der Waals surface area (Å²) in [4.78, 5) is -0.297. The third-order valence-corrected chi connectivity index (χ3v) is 4.13. The standard InChI is InChI=1S/C15H17NO4S/c1-4-19-14-7-11-5-10(2)20-15(11)8-12(14)6-13(9-16)21(3,17)18/h6-8,10H,4-5H2,1-3H3/b13-6+/t10-/m0/s1. The lowest BCUT2D eigenvalue weighted by Crippen LogP contribution is -2.05. The Hall–Kier alpha value is -2.00. The molecule has 0 unspecified atom stereocenters. The molecular weight excluding hydrogens is 290 g/mol. The Morgan fingerprint density at radius 2 is 2.29 bits per heavy atom. The molecule has 112 valence electrons. The van der Waals surface area contributed by atoms with Crippen LogP contribution < -0.4 is 9.47 Å². The Kier molecular flexibility index (Phi) is 4.24. The number of nitrogens with zero attached hydrogens (tertiary/aromatic N) is 1. The zero-order valence-electron chi connectivity index (χ0n) is 12.2. The first-order valence-electron chi connectivity index (χ1n) is 6.63. The highest BCUT2D eigenvalue weighted by atomic mass is 32.2. The van der Waals surface area contributed by atoms with Crippen molar-refractivity contribution in [1.82, 2.24) is 0 Å². The highest BCUT2D eigenvalue weighted by molar-refractivity contribution is 7.95. The van der Waals surface area contributed by atoms with E-state index in [0.29, 0.717) is 23.7 Å². The maximum absolute atomic E-state index is 11.6. The summed E-state index contributed by atoms with van der Waals surface area (Å²) in [6, 6.07) is 5.29. The summed E-state index contributed by atoms with van der Waals surface area (Å²) < 4.78 is 34.3. The van der Waals surface area contributed by atoms with E-state index in [2.05, 4.69) is 0 Å². The zero-order valence-corrected chi connectivity index (χ0v) is 13.0. The summed E-state index contributed by atoms with van der Waals surface area (Å²) in [7, 11) is -3.57. The normalized spacial score (nSPS) is 17.8. The van der Waals surface area contributed by atoms with E-state index in [9.17, 15) is 8.42 Å². The number of benzene rings is 1. The molecule has 0 spiro atoms. The fourth-order valence-corrected chi connectivity index (χ4v) is 2.72. The summed E-state index contributed by atoms with van der Waals surface area (Å²) >= 11 is 0. The van der Waals surface area contributed by atoms with Crippen LogP contribution in [0.15, 0.2) is 17.0 Å². The first kappa shape index (κ1) is 15.4. The van der Waals surface area contributed by atoms with E-state index in [1.165, 1.54) is 6.08 Å². The first-order valence-corrected chi connectivity index (χ1v) is 8.52. The van der Waals surface area contributed by atoms with E-state index in [4.69, 9.17) is 14.7 Å². The van der Waals surface area contributed by atoms with Crippen molar-refractivity contribution in [3.05, 3.63) is 28.2 Å². The molecule has 0 amide bonds. The maximum Gasteiger partial charge on any atom is 0.185 e. The summed E-state index contributed by atoms with van der Waals surface area (Å²) in [5.74, 6) is 1.27. The van der Waals surface area contributed by atoms with Gasteiger partial charge >= 0.3 is 0 Å². The minimum absolute atomic E-state index is 0.0825. The van der Waals surface area contributed by atoms with Gasteiger partial charge in [0.25, 0.3) is 0 Å². The van der Waals surface area contributed by atoms with Crippen LogP contribution in [0, 0.1) is 11.3 Å². The number of ether oxygens (including phenoxy) is 2. The Morgan fingerprint density at radius 1 is 1.57 bits per heavy atom. The van der Waals surface area contributed by atoms with E-state index in [-0.39, 0.29) is 11.0 Å². The minimum atomic E-state index is -3.57. The quantitative estimate of drug-likeness (QED) is 0.798. The molecule has 1 aliphatic rings. The second-order valence-corrected chi connectivity index (χ2v) is 6.94. The number of hydrogen-bond acceptors (Lipinski definition) is 5. The summed E-state index contributed by atoms with van der Waals surface area (Å²) in [5.41, 5.74) is 1.56. The van der Waals surface area contributed by atoms with E-state index >= 15 is 0 Å². The molecule has 0 fully saturated rings. The van der Waals surface area contributed by atoms with E-state index in [1.807, 2.05) is 19.9 Å². The maximum atomic E-state index is 11.6. The molecule has 1 atom stereocenters. The fraction of sp³-hybridized carbons (Fsp3) is 0.400. The molecule has 5 nitrogen and oxygen atoms in total. The Balaban J connectivity index is 2.55. The van der Waals surface area contributed by atoms with Gasteiger partial charge in [-0.25, -0.2) is 8.42 Å². The van der Waals surface area contributed by atoms with Crippen molar-refractivity contribution in [2.75, 3.05) is 12.9 Å². The molecule has 2 rings (SSSR count). The van der Waals surface area contributed by atoms with Crippen molar-refractivity contribution >= 4 is 15.9 Å². The van der Waals surface area contributed by atoms with Gasteiger partial charge in [-0.3, -0.25) is 0 Å². The van der Waals surface area contributed by atoms with Gasteiger partial charge in [0.2, 0.25) is 0 Å². The average molecular weight is 307 g/mol. The molecule has 6 heteroatoms. The predicted molar refractivity (Wildman–Crippen MR) is 79.8 cm³/mol. The Bertz CT molecular complexity index is 729. The smallest absolute Gasteiger partial charge is 0.185 e. The van der Waals surface area contributed by atoms with Gasteiger partial charge in [-0.05, 0) is 32.1 Å². The zero-order chi connectivity index (χ0) is 15.6. The Morgan fingerprint density at radius 3 is 2.86 bits per heavy atom. The third-order valence-electron chi connectivity index (χ3n) is 3.12. The molecule has 1 aromatic carbocycles. The van der Waals surface area contributed by atoms with Crippen LogP contribution in [-0.4, -0.2) is 27.4 Å². The molecule has 21 heavy (non-hydrogen) atoms. The van der Waals surface area contributed by atoms with Crippen LogP contribution in [-0.2, 0) is 16.3 Å². The summed E-state index contributed by atoms with van der Waals surface area (Å²) in [5, 5.41) is 9.01. The van der Waals surface area contributed by atoms with Gasteiger partial charge in [-0.1, -0.05) is 0 Å². The number of fused-ring (bicyclic) bond motifs is 1. The predicted octanol–water partition coefficient (Wildman–Crippen LogP) is 2.32. The molecule has 0 saturated heterocycles. The topological polar surface area (TPSA) is 76.4 Å². The molecule has 1 aliphatic heterocycles. The molecular formula is C15H17NO4S. The number of nitriles is 1. The molecule has 1 heterocycles. The van der Waals surface area contributed by atoms with Crippen LogP contribution in [0.1, 0.15) is 25.0 Å². The molecule has 0 radical (unpaired) electrons. The highest BCUT2D eigenvalue weighted by Gasteiger charge is 2.22. The number of hydrogen-bond donors (Lipinski definition) is 0. The number of sulfone groups is 1. The van der Waals surface area contributed by atoms with Crippen LogP contribution in [0.3, 0.4) is 0 Å². The summed E-state index contributed by atoms with van der Waals surface area (Å²) in [6.07, 6.45) is 3.21. The van der Waals surface area contributed by atoms with Crippen molar-refractivity contribution < 1.29 is 17.9 Å². The van der Waals surface area contributed by atoms with Gasteiger partial charge in [0.15, 0.2) is 9.84 Å². The molecule has 0 bridgehead atoms. The largest absolute Gasteiger partial charge is 0.493 e. The summed E-state index contributed by atoms with van der Waals surface area (Å²) in [6.45, 7) is 4.27. The monoisotopic (exact) mass is 307 g/mol. The van der Waals surface area contributed by atoms with Crippen molar-refractivity contribution in [1.29, 1.82) is 5.26 Å². The van der Waals surface area contributed by atoms with E-state index in [1.54, 1.807) is 12.1 Å². The molecule has 0 saturated carbocycles. The van der Waals surface area contributed by atoms with Crippen LogP contribution >= 0.6 is 0 Å². The van der Waals surface area contributed by atoms with E-state index in [0.717, 1.165) is 18.2 Å². The van der Waals surface area contributed by atoms with Crippen LogP contribution in [0.25, 0.3) is 6.08 Å². The number of allylic oxidation sites excluding steroid dienone is 1. The highest BCUT2D eigenvalue weighted by Crippen LogP contribution is 2.36. The van der Waals surface area contributed by atoms with Crippen molar-refractivity contribution in [3.63, 3.8) is 0 Å². The first-order chi connectivity index (χ1) is 9.85. The van der Waals surface area contributed by atoms with Crippen molar-refractivity contribution in [2.24, 2.45) is 0 Å².